The minimum Gasteiger partial charge on any atom is -0.309 e. The summed E-state index contributed by atoms with van der Waals surface area (Å²) in [6, 6.07) is 66.4. The number of para-hydroxylation sites is 2. The van der Waals surface area contributed by atoms with Crippen LogP contribution in [-0.2, 0) is 25.7 Å². The molecule has 0 fully saturated rings. The molecule has 66 heavy (non-hydrogen) atoms. The minimum absolute atomic E-state index is 0.285. The lowest BCUT2D eigenvalue weighted by molar-refractivity contribution is 0.752. The van der Waals surface area contributed by atoms with Gasteiger partial charge in [-0.05, 0) is 170 Å². The fourth-order valence-corrected chi connectivity index (χ4v) is 12.1. The maximum absolute atomic E-state index is 2.62. The molecule has 1 nitrogen and oxygen atoms in total. The molecule has 3 aliphatic rings. The third kappa shape index (κ3) is 6.36. The van der Waals surface area contributed by atoms with Crippen molar-refractivity contribution in [3.05, 3.63) is 250 Å². The van der Waals surface area contributed by atoms with Gasteiger partial charge in [-0.3, -0.25) is 0 Å². The highest BCUT2D eigenvalue weighted by atomic mass is 15.0. The van der Waals surface area contributed by atoms with E-state index in [1.165, 1.54) is 121 Å². The molecule has 2 unspecified atom stereocenters. The standard InChI is InChI=1S/C65H51N/c1-42-16-5-6-21-49(42)55-37-33-47-41-61(46-18-15-17-44(39-46)45-32-36-56-52-24-8-7-22-50(52)51-23-9-10-25-53(51)62(56)40-45)54-26-11-12-28-59(54)65(47)60(55)35-31-43-30-34-58-57-27-13-14-29-63(57)66(64(58)38-43)48-19-3-2-4-20-48/h2-8,10-16,18-22,24-30,32-34,36-40,44,61H,9,17,23,31,35,41H2,1H3. The second kappa shape index (κ2) is 15.9. The molecule has 316 valence electrons. The molecule has 3 aliphatic carbocycles. The Morgan fingerprint density at radius 3 is 2.18 bits per heavy atom. The molecule has 2 atom stereocenters. The van der Waals surface area contributed by atoms with Crippen molar-refractivity contribution in [2.24, 2.45) is 0 Å². The molecule has 1 heteroatoms. The van der Waals surface area contributed by atoms with Crippen LogP contribution in [-0.4, -0.2) is 4.57 Å². The fourth-order valence-electron chi connectivity index (χ4n) is 12.1. The highest BCUT2D eigenvalue weighted by Gasteiger charge is 2.31. The quantitative estimate of drug-likeness (QED) is 0.141. The summed E-state index contributed by atoms with van der Waals surface area (Å²) in [5.74, 6) is 0.613. The van der Waals surface area contributed by atoms with Crippen LogP contribution in [0.2, 0.25) is 0 Å². The van der Waals surface area contributed by atoms with Crippen molar-refractivity contribution in [1.29, 1.82) is 0 Å². The molecule has 13 rings (SSSR count). The Morgan fingerprint density at radius 1 is 0.545 bits per heavy atom. The van der Waals surface area contributed by atoms with E-state index >= 15 is 0 Å². The molecule has 10 aromatic rings. The molecule has 0 amide bonds. The maximum atomic E-state index is 2.62. The summed E-state index contributed by atoms with van der Waals surface area (Å²) in [6.45, 7) is 2.26. The van der Waals surface area contributed by atoms with Gasteiger partial charge in [0.2, 0.25) is 0 Å². The molecule has 9 aromatic carbocycles. The Hall–Kier alpha value is -7.48. The maximum Gasteiger partial charge on any atom is 0.0543 e. The van der Waals surface area contributed by atoms with E-state index in [0.717, 1.165) is 38.5 Å². The van der Waals surface area contributed by atoms with E-state index in [4.69, 9.17) is 0 Å². The normalized spacial score (nSPS) is 16.4. The molecule has 0 spiro atoms. The van der Waals surface area contributed by atoms with Crippen LogP contribution < -0.4 is 0 Å². The van der Waals surface area contributed by atoms with E-state index in [-0.39, 0.29) is 5.92 Å². The van der Waals surface area contributed by atoms with Crippen LogP contribution in [0.4, 0.5) is 0 Å². The van der Waals surface area contributed by atoms with Crippen molar-refractivity contribution < 1.29 is 0 Å². The van der Waals surface area contributed by atoms with Crippen molar-refractivity contribution in [3.8, 4) is 27.9 Å². The van der Waals surface area contributed by atoms with Gasteiger partial charge in [-0.2, -0.15) is 0 Å². The summed E-state index contributed by atoms with van der Waals surface area (Å²) in [6.07, 6.45) is 18.4. The molecular weight excluding hydrogens is 795 g/mol. The van der Waals surface area contributed by atoms with Gasteiger partial charge in [0.05, 0.1) is 11.0 Å². The molecule has 0 saturated heterocycles. The average Bonchev–Trinajstić information content (AvgIpc) is 3.71. The largest absolute Gasteiger partial charge is 0.309 e. The Kier molecular flexibility index (Phi) is 9.38. The number of fused-ring (bicyclic) bond motifs is 12. The van der Waals surface area contributed by atoms with Crippen molar-refractivity contribution in [3.63, 3.8) is 0 Å². The Bertz CT molecular complexity index is 3670. The van der Waals surface area contributed by atoms with E-state index in [1.54, 1.807) is 0 Å². The van der Waals surface area contributed by atoms with Gasteiger partial charge >= 0.3 is 0 Å². The third-order valence-corrected chi connectivity index (χ3v) is 15.3. The molecular formula is C65H51N. The van der Waals surface area contributed by atoms with Crippen LogP contribution in [0.5, 0.6) is 0 Å². The van der Waals surface area contributed by atoms with E-state index < -0.39 is 0 Å². The van der Waals surface area contributed by atoms with Crippen LogP contribution >= 0.6 is 0 Å². The lowest BCUT2D eigenvalue weighted by Gasteiger charge is -2.33. The summed E-state index contributed by atoms with van der Waals surface area (Å²) in [7, 11) is 0. The summed E-state index contributed by atoms with van der Waals surface area (Å²) >= 11 is 0. The zero-order valence-corrected chi connectivity index (χ0v) is 37.5. The van der Waals surface area contributed by atoms with Crippen LogP contribution in [0.1, 0.15) is 69.2 Å². The van der Waals surface area contributed by atoms with E-state index in [2.05, 4.69) is 218 Å². The van der Waals surface area contributed by atoms with Crippen LogP contribution in [0.15, 0.2) is 206 Å². The number of benzene rings is 9. The fraction of sp³-hybridized carbons (Fsp3) is 0.138. The summed E-state index contributed by atoms with van der Waals surface area (Å²) in [4.78, 5) is 0. The Morgan fingerprint density at radius 2 is 1.29 bits per heavy atom. The van der Waals surface area contributed by atoms with Gasteiger partial charge in [0.1, 0.15) is 0 Å². The Balaban J connectivity index is 0.893. The molecule has 0 saturated carbocycles. The lowest BCUT2D eigenvalue weighted by atomic mass is 9.71. The van der Waals surface area contributed by atoms with E-state index in [1.807, 2.05) is 0 Å². The molecule has 0 bridgehead atoms. The van der Waals surface area contributed by atoms with Crippen molar-refractivity contribution in [2.75, 3.05) is 0 Å². The van der Waals surface area contributed by atoms with Gasteiger partial charge in [0.25, 0.3) is 0 Å². The first-order chi connectivity index (χ1) is 32.7. The number of aryl methyl sites for hydroxylation is 3. The SMILES string of the molecule is Cc1ccccc1-c1ccc2c(c1CCc1ccc3c4ccccc4n(-c4ccccc4)c3c1)-c1ccccc1C(C1=CC(c3ccc4c(c3)c3c(c5ccccc54)CCC=C3)CC=C1)C2. The van der Waals surface area contributed by atoms with Gasteiger partial charge in [0, 0.05) is 28.3 Å². The first-order valence-corrected chi connectivity index (χ1v) is 24.1. The summed E-state index contributed by atoms with van der Waals surface area (Å²) in [5.41, 5.74) is 22.1. The van der Waals surface area contributed by atoms with Crippen LogP contribution in [0.3, 0.4) is 0 Å². The van der Waals surface area contributed by atoms with Gasteiger partial charge in [0.15, 0.2) is 0 Å². The number of nitrogens with zero attached hydrogens (tertiary/aromatic N) is 1. The predicted octanol–water partition coefficient (Wildman–Crippen LogP) is 16.8. The minimum atomic E-state index is 0.285. The Labute approximate surface area is 387 Å². The summed E-state index contributed by atoms with van der Waals surface area (Å²) in [5, 5.41) is 8.15. The number of aromatic nitrogens is 1. The van der Waals surface area contributed by atoms with Crippen molar-refractivity contribution in [2.45, 2.75) is 57.3 Å². The highest BCUT2D eigenvalue weighted by Crippen LogP contribution is 2.49. The lowest BCUT2D eigenvalue weighted by Crippen LogP contribution is -2.16. The molecule has 0 aliphatic heterocycles. The van der Waals surface area contributed by atoms with E-state index in [9.17, 15) is 0 Å². The second-order valence-corrected chi connectivity index (χ2v) is 18.9. The molecule has 0 N–H and O–H groups in total. The third-order valence-electron chi connectivity index (χ3n) is 15.3. The van der Waals surface area contributed by atoms with Gasteiger partial charge < -0.3 is 4.57 Å². The zero-order chi connectivity index (χ0) is 43.7. The molecule has 1 heterocycles. The van der Waals surface area contributed by atoms with Crippen molar-refractivity contribution in [1.82, 2.24) is 4.57 Å². The first-order valence-electron chi connectivity index (χ1n) is 24.1. The van der Waals surface area contributed by atoms with Gasteiger partial charge in [-0.15, -0.1) is 0 Å². The number of hydrogen-bond donors (Lipinski definition) is 0. The zero-order valence-electron chi connectivity index (χ0n) is 37.5. The van der Waals surface area contributed by atoms with Crippen molar-refractivity contribution >= 4 is 49.4 Å². The van der Waals surface area contributed by atoms with Gasteiger partial charge in [-0.1, -0.05) is 176 Å². The predicted molar refractivity (Wildman–Crippen MR) is 280 cm³/mol. The summed E-state index contributed by atoms with van der Waals surface area (Å²) < 4.78 is 2.44. The molecule has 0 radical (unpaired) electrons. The van der Waals surface area contributed by atoms with Crippen LogP contribution in [0, 0.1) is 6.92 Å². The smallest absolute Gasteiger partial charge is 0.0543 e. The second-order valence-electron chi connectivity index (χ2n) is 18.9. The topological polar surface area (TPSA) is 4.93 Å². The van der Waals surface area contributed by atoms with Gasteiger partial charge in [-0.25, -0.2) is 0 Å². The van der Waals surface area contributed by atoms with E-state index in [0.29, 0.717) is 5.92 Å². The number of allylic oxidation sites excluding steroid dienone is 5. The number of hydrogen-bond acceptors (Lipinski definition) is 0. The monoisotopic (exact) mass is 845 g/mol. The molecule has 1 aromatic heterocycles. The number of rotatable bonds is 7. The average molecular weight is 846 g/mol. The van der Waals surface area contributed by atoms with Crippen LogP contribution in [0.25, 0.3) is 77.4 Å². The highest BCUT2D eigenvalue weighted by molar-refractivity contribution is 6.13. The first kappa shape index (κ1) is 38.9.